The van der Waals surface area contributed by atoms with Gasteiger partial charge >= 0.3 is 5.97 Å². The summed E-state index contributed by atoms with van der Waals surface area (Å²) in [7, 11) is 0. The van der Waals surface area contributed by atoms with E-state index in [1.807, 2.05) is 0 Å². The largest absolute Gasteiger partial charge is 0.508 e. The van der Waals surface area contributed by atoms with Gasteiger partial charge in [-0.1, -0.05) is 0 Å². The molecule has 0 saturated carbocycles. The van der Waals surface area contributed by atoms with Gasteiger partial charge in [0.1, 0.15) is 23.0 Å². The molecule has 1 aliphatic rings. The maximum atomic E-state index is 12.9. The molecule has 0 aliphatic heterocycles. The first-order chi connectivity index (χ1) is 13.7. The minimum absolute atomic E-state index is 0.0355. The number of aliphatic hydroxyl groups is 1. The van der Waals surface area contributed by atoms with Crippen molar-refractivity contribution in [3.05, 3.63) is 46.0 Å². The van der Waals surface area contributed by atoms with E-state index in [1.165, 1.54) is 6.92 Å². The highest BCUT2D eigenvalue weighted by molar-refractivity contribution is 6.30. The molecule has 9 nitrogen and oxygen atoms in total. The predicted molar refractivity (Wildman–Crippen MR) is 97.5 cm³/mol. The van der Waals surface area contributed by atoms with Crippen molar-refractivity contribution < 1.29 is 44.7 Å². The van der Waals surface area contributed by atoms with Crippen LogP contribution in [0.25, 0.3) is 0 Å². The van der Waals surface area contributed by atoms with E-state index >= 15 is 0 Å². The number of hydrogen-bond donors (Lipinski definition) is 5. The van der Waals surface area contributed by atoms with Crippen LogP contribution in [0.15, 0.2) is 18.2 Å². The molecule has 2 aromatic carbocycles. The Labute approximate surface area is 164 Å². The fourth-order valence-electron chi connectivity index (χ4n) is 3.45. The van der Waals surface area contributed by atoms with E-state index < -0.39 is 58.6 Å². The van der Waals surface area contributed by atoms with Gasteiger partial charge in [-0.25, -0.2) is 0 Å². The molecule has 0 aromatic heterocycles. The number of benzene rings is 2. The molecule has 152 valence electrons. The minimum Gasteiger partial charge on any atom is -0.508 e. The summed E-state index contributed by atoms with van der Waals surface area (Å²) in [5, 5.41) is 50.4. The van der Waals surface area contributed by atoms with E-state index in [9.17, 15) is 39.9 Å². The number of aliphatic hydroxyl groups excluding tert-OH is 1. The summed E-state index contributed by atoms with van der Waals surface area (Å²) >= 11 is 0. The molecule has 9 heteroatoms. The Morgan fingerprint density at radius 1 is 0.966 bits per heavy atom. The number of esters is 1. The first-order valence-corrected chi connectivity index (χ1v) is 8.65. The topological polar surface area (TPSA) is 162 Å². The zero-order valence-corrected chi connectivity index (χ0v) is 15.3. The van der Waals surface area contributed by atoms with Crippen molar-refractivity contribution in [1.29, 1.82) is 0 Å². The smallest absolute Gasteiger partial charge is 0.302 e. The SMILES string of the molecule is CC(=O)OCCC(CO)c1c(O)cc2c(c1O)C(=O)c1c(O)cc(O)cc1C2=O. The predicted octanol–water partition coefficient (Wildman–Crippen LogP) is 1.31. The van der Waals surface area contributed by atoms with E-state index in [-0.39, 0.29) is 35.3 Å². The van der Waals surface area contributed by atoms with Gasteiger partial charge in [-0.3, -0.25) is 14.4 Å². The van der Waals surface area contributed by atoms with Crippen molar-refractivity contribution in [1.82, 2.24) is 0 Å². The maximum absolute atomic E-state index is 12.9. The number of phenols is 4. The Kier molecular flexibility index (Phi) is 5.17. The number of carbonyl (C=O) groups is 3. The summed E-state index contributed by atoms with van der Waals surface area (Å²) in [4.78, 5) is 36.6. The van der Waals surface area contributed by atoms with Crippen LogP contribution in [0.2, 0.25) is 0 Å². The molecule has 29 heavy (non-hydrogen) atoms. The van der Waals surface area contributed by atoms with Crippen LogP contribution in [0.3, 0.4) is 0 Å². The van der Waals surface area contributed by atoms with Crippen molar-refractivity contribution in [3.63, 3.8) is 0 Å². The van der Waals surface area contributed by atoms with Crippen molar-refractivity contribution in [2.24, 2.45) is 0 Å². The first kappa shape index (κ1) is 20.2. The molecule has 0 amide bonds. The number of carbonyl (C=O) groups excluding carboxylic acids is 3. The van der Waals surface area contributed by atoms with Crippen LogP contribution in [0.1, 0.15) is 56.7 Å². The second kappa shape index (κ2) is 7.44. The lowest BCUT2D eigenvalue weighted by Crippen LogP contribution is -2.22. The molecule has 0 bridgehead atoms. The number of rotatable bonds is 5. The van der Waals surface area contributed by atoms with Crippen LogP contribution in [0.5, 0.6) is 23.0 Å². The van der Waals surface area contributed by atoms with E-state index in [0.29, 0.717) is 0 Å². The van der Waals surface area contributed by atoms with Gasteiger partial charge in [0, 0.05) is 35.6 Å². The van der Waals surface area contributed by atoms with Crippen LogP contribution < -0.4 is 0 Å². The molecule has 0 radical (unpaired) electrons. The van der Waals surface area contributed by atoms with Crippen LogP contribution >= 0.6 is 0 Å². The molecule has 0 fully saturated rings. The van der Waals surface area contributed by atoms with E-state index in [0.717, 1.165) is 18.2 Å². The second-order valence-corrected chi connectivity index (χ2v) is 6.63. The first-order valence-electron chi connectivity index (χ1n) is 8.65. The van der Waals surface area contributed by atoms with Gasteiger partial charge in [0.05, 0.1) is 24.3 Å². The van der Waals surface area contributed by atoms with E-state index in [4.69, 9.17) is 4.74 Å². The Morgan fingerprint density at radius 3 is 2.24 bits per heavy atom. The summed E-state index contributed by atoms with van der Waals surface area (Å²) in [5.41, 5.74) is -1.56. The molecule has 0 spiro atoms. The van der Waals surface area contributed by atoms with Crippen molar-refractivity contribution in [2.75, 3.05) is 13.2 Å². The quantitative estimate of drug-likeness (QED) is 0.396. The summed E-state index contributed by atoms with van der Waals surface area (Å²) < 4.78 is 4.81. The number of hydrogen-bond acceptors (Lipinski definition) is 9. The fourth-order valence-corrected chi connectivity index (χ4v) is 3.45. The summed E-state index contributed by atoms with van der Waals surface area (Å²) in [5.74, 6) is -5.39. The van der Waals surface area contributed by atoms with Gasteiger partial charge in [-0.05, 0) is 18.6 Å². The van der Waals surface area contributed by atoms with Gasteiger partial charge in [0.2, 0.25) is 5.78 Å². The summed E-state index contributed by atoms with van der Waals surface area (Å²) in [6.07, 6.45) is 0.0355. The molecule has 5 N–H and O–H groups in total. The van der Waals surface area contributed by atoms with Crippen LogP contribution in [-0.2, 0) is 9.53 Å². The maximum Gasteiger partial charge on any atom is 0.302 e. The zero-order chi connectivity index (χ0) is 21.5. The van der Waals surface area contributed by atoms with E-state index in [1.54, 1.807) is 0 Å². The van der Waals surface area contributed by atoms with Crippen molar-refractivity contribution >= 4 is 17.5 Å². The third-order valence-electron chi connectivity index (χ3n) is 4.76. The lowest BCUT2D eigenvalue weighted by atomic mass is 9.80. The lowest BCUT2D eigenvalue weighted by Gasteiger charge is -2.24. The van der Waals surface area contributed by atoms with Gasteiger partial charge in [0.15, 0.2) is 5.78 Å². The molecule has 0 saturated heterocycles. The van der Waals surface area contributed by atoms with Crippen LogP contribution in [-0.4, -0.2) is 56.3 Å². The second-order valence-electron chi connectivity index (χ2n) is 6.63. The number of aromatic hydroxyl groups is 4. The zero-order valence-electron chi connectivity index (χ0n) is 15.3. The van der Waals surface area contributed by atoms with Gasteiger partial charge < -0.3 is 30.3 Å². The number of ether oxygens (including phenoxy) is 1. The fraction of sp³-hybridized carbons (Fsp3) is 0.250. The van der Waals surface area contributed by atoms with Gasteiger partial charge in [0.25, 0.3) is 0 Å². The Hall–Kier alpha value is -3.59. The van der Waals surface area contributed by atoms with Crippen molar-refractivity contribution in [2.45, 2.75) is 19.3 Å². The number of ketones is 2. The molecule has 3 rings (SSSR count). The molecular weight excluding hydrogens is 384 g/mol. The minimum atomic E-state index is -0.891. The molecule has 0 heterocycles. The molecular formula is C20H18O9. The third kappa shape index (κ3) is 3.36. The Balaban J connectivity index is 2.13. The normalized spacial score (nSPS) is 13.6. The van der Waals surface area contributed by atoms with Crippen LogP contribution in [0.4, 0.5) is 0 Å². The monoisotopic (exact) mass is 402 g/mol. The van der Waals surface area contributed by atoms with E-state index in [2.05, 4.69) is 0 Å². The summed E-state index contributed by atoms with van der Waals surface area (Å²) in [6, 6.07) is 2.89. The van der Waals surface area contributed by atoms with Gasteiger partial charge in [-0.2, -0.15) is 0 Å². The molecule has 1 unspecified atom stereocenters. The number of fused-ring (bicyclic) bond motifs is 2. The average molecular weight is 402 g/mol. The molecule has 1 atom stereocenters. The Morgan fingerprint density at radius 2 is 1.62 bits per heavy atom. The highest BCUT2D eigenvalue weighted by atomic mass is 16.5. The standard InChI is InChI=1S/C20H18O9/c1-8(22)29-3-2-9(7-21)15-14(25)6-12-17(19(15)27)20(28)16-11(18(12)26)4-10(23)5-13(16)24/h4-6,9,21,23-25,27H,2-3,7H2,1H3. The molecule has 2 aromatic rings. The lowest BCUT2D eigenvalue weighted by molar-refractivity contribution is -0.141. The van der Waals surface area contributed by atoms with Crippen molar-refractivity contribution in [3.8, 4) is 23.0 Å². The highest BCUT2D eigenvalue weighted by Crippen LogP contribution is 2.45. The van der Waals surface area contributed by atoms with Gasteiger partial charge in [-0.15, -0.1) is 0 Å². The average Bonchev–Trinajstić information content (AvgIpc) is 2.63. The Bertz CT molecular complexity index is 1040. The molecule has 1 aliphatic carbocycles. The summed E-state index contributed by atoms with van der Waals surface area (Å²) in [6.45, 7) is 0.555. The van der Waals surface area contributed by atoms with Crippen LogP contribution in [0, 0.1) is 0 Å². The number of phenolic OH excluding ortho intramolecular Hbond substituents is 4. The highest BCUT2D eigenvalue weighted by Gasteiger charge is 2.37. The third-order valence-corrected chi connectivity index (χ3v) is 4.76.